The monoisotopic (exact) mass is 1890 g/mol. The van der Waals surface area contributed by atoms with Gasteiger partial charge in [-0.1, -0.05) is 49.5 Å². The first-order valence-electron chi connectivity index (χ1n) is 42.2. The first-order chi connectivity index (χ1) is 62.5. The SMILES string of the molecule is COC1C=CC(n2cnc3c(N(C)C)nc(C)nc32)C1.COC1CC(C)CO1.COC1OC(n2cc(C)c(N)nc2=O)CS1.COC1OC(n2cc(C)c(N)nc2=O)CS1.COCC1CCC(n2ccc(N)nc2=O)O1.COCC1OC(N2C(=O)NC(=O)C(C)(C)C2C)CC1C.COCC1OC(n2ccc(N)nc2=O)CS1.COCC1OCC(n2cnc3c(C)nc(N)nc32)O1. The number of aromatic nitrogens is 16. The molecule has 3 amide bonds. The number of carbonyl (C=O) groups excluding carboxylic acids is 2. The van der Waals surface area contributed by atoms with Crippen molar-refractivity contribution in [2.75, 3.05) is 161 Å². The first-order valence-corrected chi connectivity index (χ1v) is 45.3. The van der Waals surface area contributed by atoms with E-state index in [1.165, 1.54) is 41.8 Å². The number of nitrogens with two attached hydrogens (primary N) is 5. The van der Waals surface area contributed by atoms with Crippen molar-refractivity contribution in [2.45, 2.75) is 191 Å². The Kier molecular flexibility index (Phi) is 38.3. The van der Waals surface area contributed by atoms with Gasteiger partial charge in [0, 0.05) is 143 Å². The van der Waals surface area contributed by atoms with Crippen LogP contribution in [0.3, 0.4) is 0 Å². The van der Waals surface area contributed by atoms with Crippen LogP contribution in [0.5, 0.6) is 0 Å². The highest BCUT2D eigenvalue weighted by Crippen LogP contribution is 2.39. The molecule has 0 saturated carbocycles. The minimum Gasteiger partial charge on any atom is -0.383 e. The van der Waals surface area contributed by atoms with E-state index in [1.54, 1.807) is 135 Å². The van der Waals surface area contributed by atoms with E-state index in [9.17, 15) is 28.8 Å². The smallest absolute Gasteiger partial charge is 0.351 e. The van der Waals surface area contributed by atoms with E-state index in [0.29, 0.717) is 73.3 Å². The van der Waals surface area contributed by atoms with Crippen molar-refractivity contribution >= 4 is 105 Å². The number of thioether (sulfide) groups is 3. The molecular weight excluding hydrogens is 1770 g/mol. The summed E-state index contributed by atoms with van der Waals surface area (Å²) in [5.41, 5.74) is 30.1. The zero-order valence-electron chi connectivity index (χ0n) is 77.2. The summed E-state index contributed by atoms with van der Waals surface area (Å²) < 4.78 is 94.9. The fraction of sp³-hybridized carbons (Fsp3) is 0.634. The number of imide groups is 1. The number of urea groups is 1. The topological polar surface area (TPSA) is 557 Å². The third-order valence-electron chi connectivity index (χ3n) is 22.1. The Balaban J connectivity index is 0.000000157. The van der Waals surface area contributed by atoms with E-state index in [0.717, 1.165) is 78.3 Å². The number of rotatable bonds is 20. The van der Waals surface area contributed by atoms with Gasteiger partial charge in [-0.3, -0.25) is 37.8 Å². The number of hydrogen-bond acceptors (Lipinski definition) is 41. The fourth-order valence-electron chi connectivity index (χ4n) is 14.6. The largest absolute Gasteiger partial charge is 0.383 e. The number of ether oxygens (including phenoxy) is 16. The Hall–Kier alpha value is -9.49. The summed E-state index contributed by atoms with van der Waals surface area (Å²) in [5.74, 6) is 5.60. The van der Waals surface area contributed by atoms with Gasteiger partial charge in [-0.05, 0) is 91.7 Å². The number of nitrogen functional groups attached to an aromatic ring is 5. The third-order valence-corrected chi connectivity index (χ3v) is 25.3. The van der Waals surface area contributed by atoms with Crippen LogP contribution in [-0.4, -0.2) is 282 Å². The summed E-state index contributed by atoms with van der Waals surface area (Å²) in [6.45, 7) is 20.4. The van der Waals surface area contributed by atoms with Crippen LogP contribution in [0, 0.1) is 44.9 Å². The van der Waals surface area contributed by atoms with Crippen molar-refractivity contribution in [1.82, 2.24) is 87.5 Å². The van der Waals surface area contributed by atoms with Crippen LogP contribution in [0.2, 0.25) is 0 Å². The second kappa shape index (κ2) is 48.4. The lowest BCUT2D eigenvalue weighted by Crippen LogP contribution is -2.65. The van der Waals surface area contributed by atoms with Crippen LogP contribution in [0.15, 0.2) is 80.9 Å². The fourth-order valence-corrected chi connectivity index (χ4v) is 17.4. The molecule has 8 saturated heterocycles. The van der Waals surface area contributed by atoms with Gasteiger partial charge < -0.3 is 114 Å². The number of methoxy groups -OCH3 is 8. The van der Waals surface area contributed by atoms with Gasteiger partial charge in [-0.15, -0.1) is 11.8 Å². The standard InChI is InChI=1S/C14H19N5O.C14H24N2O4.C11H15N5O3.C10H15N3O3.3C9H13N3O3S.C6H12O2/c1-9-16-13(18(2)3)12-14(17-9)19(8-15-12)10-5-6-11(7-10)20-4;1-8-6-11(20-10(8)7-19-5)16-9(2)14(3,4)12(17)15-13(16)18;1-6-9-10(15-11(12)14-6)16(5-13-9)7-3-18-8(19-7)4-17-2;1-15-6-7-2-3-9(16-7)13-5-4-8(11)12-10(13)14;2*1-5-3-12(8(13)11-7(5)10)6-4-16-9(14-2)15-6;1-14-4-8-15-7(5-16-8)12-3-2-6(10)11-9(12)13;1-5-3-6(7-2)8-4-5/h5-6,8,10-11H,7H2,1-4H3;8-11H,6-7H2,1-5H3,(H,15,17,18);5,7-8H,3-4H2,1-2H3,(H2,12,14,15);4-5,7,9H,2-3,6H2,1H3,(H2,11,12,14);2*3,6,9H,4H2,1-2H3,(H2,10,11,13);2-3,7-8H,4-5H2,1H3,(H2,10,11,13);5-6H,3-4H2,1-2H3. The Morgan fingerprint density at radius 2 is 1.09 bits per heavy atom. The van der Waals surface area contributed by atoms with Crippen molar-refractivity contribution in [3.63, 3.8) is 0 Å². The van der Waals surface area contributed by atoms with Gasteiger partial charge in [0.15, 0.2) is 53.9 Å². The average Bonchev–Trinajstić information content (AvgIpc) is 1.74. The molecule has 0 spiro atoms. The van der Waals surface area contributed by atoms with E-state index in [4.69, 9.17) is 104 Å². The molecule has 18 atom stereocenters. The maximum absolute atomic E-state index is 12.1. The molecule has 49 heteroatoms. The molecule has 11 N–H and O–H groups in total. The molecule has 16 heterocycles. The maximum Gasteiger partial charge on any atom is 0.351 e. The quantitative estimate of drug-likeness (QED) is 0.0535. The number of carbonyl (C=O) groups is 2. The van der Waals surface area contributed by atoms with E-state index < -0.39 is 16.8 Å². The second-order valence-corrected chi connectivity index (χ2v) is 35.6. The number of aryl methyl sites for hydroxylation is 4. The van der Waals surface area contributed by atoms with Crippen molar-refractivity contribution in [3.05, 3.63) is 126 Å². The Morgan fingerprint density at radius 3 is 1.63 bits per heavy atom. The van der Waals surface area contributed by atoms with Crippen LogP contribution in [0.25, 0.3) is 22.3 Å². The van der Waals surface area contributed by atoms with Crippen LogP contribution >= 0.6 is 35.3 Å². The number of amides is 3. The first kappa shape index (κ1) is 104. The minimum absolute atomic E-state index is 0.00857. The number of imidazole rings is 2. The van der Waals surface area contributed by atoms with E-state index in [-0.39, 0.29) is 150 Å². The van der Waals surface area contributed by atoms with Crippen LogP contribution in [0.4, 0.5) is 39.8 Å². The molecule has 9 aliphatic rings. The summed E-state index contributed by atoms with van der Waals surface area (Å²) in [7, 11) is 17.0. The number of nitrogens with zero attached hydrogens (tertiary/aromatic N) is 18. The molecule has 1 aliphatic carbocycles. The molecule has 0 aromatic carbocycles. The van der Waals surface area contributed by atoms with Crippen molar-refractivity contribution in [3.8, 4) is 0 Å². The molecule has 17 rings (SSSR count). The van der Waals surface area contributed by atoms with Crippen LogP contribution in [-0.2, 0) is 80.6 Å². The zero-order chi connectivity index (χ0) is 95.2. The van der Waals surface area contributed by atoms with Gasteiger partial charge in [0.25, 0.3) is 0 Å². The van der Waals surface area contributed by atoms with Gasteiger partial charge in [-0.2, -0.15) is 24.9 Å². The molecule has 8 fully saturated rings. The highest BCUT2D eigenvalue weighted by molar-refractivity contribution is 8.00. The Morgan fingerprint density at radius 1 is 0.527 bits per heavy atom. The molecule has 722 valence electrons. The third kappa shape index (κ3) is 27.2. The highest BCUT2D eigenvalue weighted by atomic mass is 32.2. The number of nitrogens with one attached hydrogen (secondary N) is 1. The van der Waals surface area contributed by atoms with E-state index in [1.807, 2.05) is 59.9 Å². The zero-order valence-corrected chi connectivity index (χ0v) is 79.7. The molecule has 46 nitrogen and oxygen atoms in total. The molecule has 131 heavy (non-hydrogen) atoms. The van der Waals surface area contributed by atoms with Gasteiger partial charge in [0.2, 0.25) is 23.1 Å². The summed E-state index contributed by atoms with van der Waals surface area (Å²) >= 11 is 4.62. The van der Waals surface area contributed by atoms with Gasteiger partial charge in [0.05, 0.1) is 87.8 Å². The Labute approximate surface area is 769 Å². The predicted molar refractivity (Wildman–Crippen MR) is 489 cm³/mol. The second-order valence-electron chi connectivity index (χ2n) is 32.3. The highest BCUT2D eigenvalue weighted by Gasteiger charge is 2.50. The van der Waals surface area contributed by atoms with Crippen LogP contribution < -0.4 is 61.6 Å². The summed E-state index contributed by atoms with van der Waals surface area (Å²) in [5, 5.41) is 2.43. The number of hydrogen-bond donors (Lipinski definition) is 6. The minimum atomic E-state index is -0.625. The van der Waals surface area contributed by atoms with Crippen molar-refractivity contribution in [1.29, 1.82) is 0 Å². The van der Waals surface area contributed by atoms with Gasteiger partial charge in [-0.25, -0.2) is 48.9 Å². The van der Waals surface area contributed by atoms with Crippen molar-refractivity contribution < 1.29 is 85.4 Å². The lowest BCUT2D eigenvalue weighted by molar-refractivity contribution is -0.141. The van der Waals surface area contributed by atoms with E-state index in [2.05, 4.69) is 85.7 Å². The molecule has 18 unspecified atom stereocenters. The normalized spacial score (nSPS) is 26.8. The maximum atomic E-state index is 12.1. The number of allylic oxidation sites excluding steroid dienone is 1. The lowest BCUT2D eigenvalue weighted by atomic mass is 9.81. The number of fused-ring (bicyclic) bond motifs is 2. The summed E-state index contributed by atoms with van der Waals surface area (Å²) in [4.78, 5) is 115. The molecule has 0 radical (unpaired) electrons. The van der Waals surface area contributed by atoms with Gasteiger partial charge in [0.1, 0.15) is 58.7 Å². The molecular formula is C82H124N24O22S3. The Bertz CT molecular complexity index is 5200. The molecule has 8 aromatic rings. The van der Waals surface area contributed by atoms with Crippen LogP contribution in [0.1, 0.15) is 127 Å². The predicted octanol–water partition coefficient (Wildman–Crippen LogP) is 5.18. The van der Waals surface area contributed by atoms with Crippen molar-refractivity contribution in [2.24, 2.45) is 17.3 Å². The average molecular weight is 1890 g/mol. The number of anilines is 6. The van der Waals surface area contributed by atoms with E-state index >= 15 is 0 Å². The molecule has 8 aromatic heterocycles. The molecule has 8 aliphatic heterocycles. The summed E-state index contributed by atoms with van der Waals surface area (Å²) in [6, 6.07) is 2.85. The lowest BCUT2D eigenvalue weighted by Gasteiger charge is -2.45. The summed E-state index contributed by atoms with van der Waals surface area (Å²) in [6.07, 6.45) is 16.8. The molecule has 0 bridgehead atoms. The van der Waals surface area contributed by atoms with Gasteiger partial charge >= 0.3 is 28.8 Å².